The summed E-state index contributed by atoms with van der Waals surface area (Å²) in [4.78, 5) is 30.8. The van der Waals surface area contributed by atoms with Crippen molar-refractivity contribution in [2.45, 2.75) is 44.2 Å². The molecule has 1 saturated heterocycles. The van der Waals surface area contributed by atoms with Gasteiger partial charge in [0.05, 0.1) is 19.2 Å². The van der Waals surface area contributed by atoms with Gasteiger partial charge in [-0.3, -0.25) is 9.69 Å². The summed E-state index contributed by atoms with van der Waals surface area (Å²) in [7, 11) is 0. The van der Waals surface area contributed by atoms with Crippen LogP contribution >= 0.6 is 11.8 Å². The molecule has 0 spiro atoms. The van der Waals surface area contributed by atoms with Gasteiger partial charge in [-0.1, -0.05) is 85.6 Å². The Morgan fingerprint density at radius 3 is 2.23 bits per heavy atom. The number of nitrogens with one attached hydrogen (secondary N) is 1. The Kier molecular flexibility index (Phi) is 9.79. The van der Waals surface area contributed by atoms with Crippen LogP contribution in [0.5, 0.6) is 0 Å². The molecule has 5 rings (SSSR count). The van der Waals surface area contributed by atoms with Gasteiger partial charge >= 0.3 is 6.03 Å². The molecule has 1 heterocycles. The van der Waals surface area contributed by atoms with Crippen molar-refractivity contribution in [3.05, 3.63) is 102 Å². The third-order valence-electron chi connectivity index (χ3n) is 8.13. The first-order chi connectivity index (χ1) is 19.6. The van der Waals surface area contributed by atoms with Gasteiger partial charge in [0, 0.05) is 36.2 Å². The minimum Gasteiger partial charge on any atom is -0.394 e. The molecule has 210 valence electrons. The zero-order valence-electron chi connectivity index (χ0n) is 23.0. The van der Waals surface area contributed by atoms with Crippen LogP contribution in [-0.2, 0) is 11.3 Å². The number of aliphatic hydroxyl groups excluding tert-OH is 1. The molecule has 2 N–H and O–H groups in total. The number of aliphatic hydroxyl groups is 1. The van der Waals surface area contributed by atoms with Crippen LogP contribution in [0.15, 0.2) is 84.9 Å². The molecule has 0 aromatic heterocycles. The molecule has 2 fully saturated rings. The number of carbonyl (C=O) groups excluding carboxylic acids is 2. The zero-order valence-corrected chi connectivity index (χ0v) is 23.8. The molecular formula is C33H39N3O3S. The third kappa shape index (κ3) is 6.88. The van der Waals surface area contributed by atoms with E-state index in [9.17, 15) is 14.7 Å². The molecule has 3 aromatic rings. The van der Waals surface area contributed by atoms with Gasteiger partial charge in [0.1, 0.15) is 0 Å². The highest BCUT2D eigenvalue weighted by molar-refractivity contribution is 7.99. The summed E-state index contributed by atoms with van der Waals surface area (Å²) >= 11 is 1.89. The first-order valence-corrected chi connectivity index (χ1v) is 15.5. The van der Waals surface area contributed by atoms with Gasteiger partial charge in [-0.25, -0.2) is 4.79 Å². The van der Waals surface area contributed by atoms with Gasteiger partial charge in [-0.05, 0) is 47.6 Å². The molecule has 1 aliphatic carbocycles. The van der Waals surface area contributed by atoms with E-state index in [1.807, 2.05) is 82.2 Å². The van der Waals surface area contributed by atoms with Gasteiger partial charge in [0.2, 0.25) is 5.91 Å². The van der Waals surface area contributed by atoms with Gasteiger partial charge in [0.25, 0.3) is 0 Å². The molecule has 3 amide bonds. The molecule has 0 unspecified atom stereocenters. The minimum absolute atomic E-state index is 0.0113. The van der Waals surface area contributed by atoms with Crippen molar-refractivity contribution in [3.8, 4) is 0 Å². The van der Waals surface area contributed by atoms with E-state index in [2.05, 4.69) is 29.6 Å². The minimum atomic E-state index is -0.404. The molecule has 0 radical (unpaired) electrons. The van der Waals surface area contributed by atoms with Crippen LogP contribution in [0.2, 0.25) is 0 Å². The Morgan fingerprint density at radius 2 is 1.55 bits per heavy atom. The largest absolute Gasteiger partial charge is 0.394 e. The van der Waals surface area contributed by atoms with Crippen LogP contribution in [0.25, 0.3) is 0 Å². The number of nitrogens with zero attached hydrogens (tertiary/aromatic N) is 2. The summed E-state index contributed by atoms with van der Waals surface area (Å²) < 4.78 is 0. The summed E-state index contributed by atoms with van der Waals surface area (Å²) in [6, 6.07) is 27.7. The maximum absolute atomic E-state index is 13.5. The standard InChI is InChI=1S/C33H39N3O3S/c37-24-31(27-9-3-1-4-10-27)34-32(38)30-14-8-7-13-29(30)26-17-15-25(16-18-26)23-36(28-11-5-2-6-12-28)33(39)35-19-21-40-22-20-35/h1-6,9-12,15-18,29-31,37H,7-8,13-14,19-24H2,(H,34,38)/t29-,30+,31+/m1/s1. The molecule has 2 aliphatic rings. The predicted molar refractivity (Wildman–Crippen MR) is 162 cm³/mol. The van der Waals surface area contributed by atoms with Crippen LogP contribution in [-0.4, -0.2) is 53.1 Å². The summed E-state index contributed by atoms with van der Waals surface area (Å²) in [5.41, 5.74) is 4.04. The fourth-order valence-corrected chi connectivity index (χ4v) is 6.80. The van der Waals surface area contributed by atoms with Gasteiger partial charge in [-0.15, -0.1) is 0 Å². The van der Waals surface area contributed by atoms with Crippen LogP contribution in [0.4, 0.5) is 10.5 Å². The van der Waals surface area contributed by atoms with Crippen LogP contribution < -0.4 is 10.2 Å². The van der Waals surface area contributed by atoms with Crippen molar-refractivity contribution in [1.29, 1.82) is 0 Å². The number of benzene rings is 3. The van der Waals surface area contributed by atoms with Gasteiger partial charge < -0.3 is 15.3 Å². The van der Waals surface area contributed by atoms with Crippen LogP contribution in [0.1, 0.15) is 54.3 Å². The second-order valence-electron chi connectivity index (χ2n) is 10.7. The first kappa shape index (κ1) is 28.2. The van der Waals surface area contributed by atoms with Crippen molar-refractivity contribution in [1.82, 2.24) is 10.2 Å². The Labute approximate surface area is 241 Å². The first-order valence-electron chi connectivity index (χ1n) is 14.4. The van der Waals surface area contributed by atoms with E-state index in [-0.39, 0.29) is 30.4 Å². The summed E-state index contributed by atoms with van der Waals surface area (Å²) in [6.07, 6.45) is 3.94. The smallest absolute Gasteiger partial charge is 0.324 e. The highest BCUT2D eigenvalue weighted by Gasteiger charge is 2.33. The summed E-state index contributed by atoms with van der Waals surface area (Å²) in [6.45, 7) is 1.92. The lowest BCUT2D eigenvalue weighted by molar-refractivity contribution is -0.127. The molecule has 1 saturated carbocycles. The second kappa shape index (κ2) is 13.9. The third-order valence-corrected chi connectivity index (χ3v) is 9.08. The van der Waals surface area contributed by atoms with E-state index < -0.39 is 6.04 Å². The average molecular weight is 558 g/mol. The van der Waals surface area contributed by atoms with Crippen LogP contribution in [0, 0.1) is 5.92 Å². The van der Waals surface area contributed by atoms with E-state index >= 15 is 0 Å². The number of carbonyl (C=O) groups is 2. The Bertz CT molecular complexity index is 1230. The van der Waals surface area contributed by atoms with Gasteiger partial charge in [-0.2, -0.15) is 11.8 Å². The van der Waals surface area contributed by atoms with Gasteiger partial charge in [0.15, 0.2) is 0 Å². The summed E-state index contributed by atoms with van der Waals surface area (Å²) in [5.74, 6) is 1.97. The molecule has 1 aliphatic heterocycles. The number of amides is 3. The quantitative estimate of drug-likeness (QED) is 0.357. The fraction of sp³-hybridized carbons (Fsp3) is 0.394. The van der Waals surface area contributed by atoms with E-state index in [0.29, 0.717) is 6.54 Å². The molecule has 0 bridgehead atoms. The lowest BCUT2D eigenvalue weighted by Crippen LogP contribution is -2.46. The molecule has 3 atom stereocenters. The summed E-state index contributed by atoms with van der Waals surface area (Å²) in [5, 5.41) is 13.1. The topological polar surface area (TPSA) is 72.9 Å². The van der Waals surface area contributed by atoms with E-state index in [0.717, 1.165) is 72.7 Å². The molecular weight excluding hydrogens is 518 g/mol. The number of rotatable bonds is 8. The highest BCUT2D eigenvalue weighted by atomic mass is 32.2. The molecule has 6 nitrogen and oxygen atoms in total. The van der Waals surface area contributed by atoms with E-state index in [4.69, 9.17) is 0 Å². The van der Waals surface area contributed by atoms with E-state index in [1.165, 1.54) is 0 Å². The molecule has 40 heavy (non-hydrogen) atoms. The number of hydrogen-bond acceptors (Lipinski definition) is 4. The normalized spacial score (nSPS) is 20.0. The SMILES string of the molecule is O=C(N[C@@H](CO)c1ccccc1)[C@H]1CCCC[C@@H]1c1ccc(CN(C(=O)N2CCSCC2)c2ccccc2)cc1. The number of urea groups is 1. The van der Waals surface area contributed by atoms with Crippen molar-refractivity contribution >= 4 is 29.4 Å². The number of thioether (sulfide) groups is 1. The Hall–Kier alpha value is -3.29. The van der Waals surface area contributed by atoms with Crippen molar-refractivity contribution in [3.63, 3.8) is 0 Å². The average Bonchev–Trinajstić information content (AvgIpc) is 3.03. The number of hydrogen-bond donors (Lipinski definition) is 2. The number of anilines is 1. The maximum atomic E-state index is 13.5. The Balaban J connectivity index is 1.30. The maximum Gasteiger partial charge on any atom is 0.324 e. The fourth-order valence-electron chi connectivity index (χ4n) is 5.90. The molecule has 7 heteroatoms. The lowest BCUT2D eigenvalue weighted by Gasteiger charge is -2.33. The van der Waals surface area contributed by atoms with E-state index in [1.54, 1.807) is 0 Å². The van der Waals surface area contributed by atoms with Crippen molar-refractivity contribution in [2.24, 2.45) is 5.92 Å². The van der Waals surface area contributed by atoms with Crippen molar-refractivity contribution < 1.29 is 14.7 Å². The predicted octanol–water partition coefficient (Wildman–Crippen LogP) is 5.99. The highest BCUT2D eigenvalue weighted by Crippen LogP contribution is 2.38. The zero-order chi connectivity index (χ0) is 27.7. The molecule has 3 aromatic carbocycles. The number of para-hydroxylation sites is 1. The van der Waals surface area contributed by atoms with Crippen molar-refractivity contribution in [2.75, 3.05) is 36.1 Å². The monoisotopic (exact) mass is 557 g/mol. The van der Waals surface area contributed by atoms with Crippen LogP contribution in [0.3, 0.4) is 0 Å². The lowest BCUT2D eigenvalue weighted by atomic mass is 9.74. The second-order valence-corrected chi connectivity index (χ2v) is 11.9. The Morgan fingerprint density at radius 1 is 0.900 bits per heavy atom.